The van der Waals surface area contributed by atoms with Gasteiger partial charge in [-0.15, -0.1) is 0 Å². The molecule has 1 aromatic rings. The second-order valence-corrected chi connectivity index (χ2v) is 4.54. The van der Waals surface area contributed by atoms with Crippen molar-refractivity contribution < 1.29 is 14.4 Å². The third-order valence-electron chi connectivity index (χ3n) is 2.89. The Morgan fingerprint density at radius 3 is 2.80 bits per heavy atom. The molecular formula is C14H20FN3O2. The predicted molar refractivity (Wildman–Crippen MR) is 76.3 cm³/mol. The summed E-state index contributed by atoms with van der Waals surface area (Å²) < 4.78 is 13.4. The fourth-order valence-corrected chi connectivity index (χ4v) is 1.79. The smallest absolute Gasteiger partial charge is 0.224 e. The van der Waals surface area contributed by atoms with Crippen molar-refractivity contribution in [3.05, 3.63) is 29.6 Å². The highest BCUT2D eigenvalue weighted by Crippen LogP contribution is 2.15. The number of rotatable bonds is 7. The predicted octanol–water partition coefficient (Wildman–Crippen LogP) is 2.83. The molecular weight excluding hydrogens is 261 g/mol. The molecule has 0 bridgehead atoms. The van der Waals surface area contributed by atoms with E-state index < -0.39 is 5.82 Å². The largest absolute Gasteiger partial charge is 0.409 e. The highest BCUT2D eigenvalue weighted by Gasteiger charge is 2.09. The number of unbranched alkanes of at least 4 members (excludes halogenated alkanes) is 3. The number of amidine groups is 1. The maximum absolute atomic E-state index is 13.4. The zero-order valence-electron chi connectivity index (χ0n) is 11.5. The quantitative estimate of drug-likeness (QED) is 0.236. The van der Waals surface area contributed by atoms with Crippen molar-refractivity contribution in [3.63, 3.8) is 0 Å². The molecule has 0 aromatic heterocycles. The third kappa shape index (κ3) is 4.87. The van der Waals surface area contributed by atoms with Crippen molar-refractivity contribution in [2.24, 2.45) is 10.9 Å². The van der Waals surface area contributed by atoms with Crippen LogP contribution in [0.25, 0.3) is 0 Å². The van der Waals surface area contributed by atoms with Crippen molar-refractivity contribution in [3.8, 4) is 0 Å². The number of carbonyl (C=O) groups excluding carboxylic acids is 1. The molecule has 1 amide bonds. The lowest BCUT2D eigenvalue weighted by Crippen LogP contribution is -2.17. The van der Waals surface area contributed by atoms with Gasteiger partial charge in [-0.1, -0.05) is 31.3 Å². The van der Waals surface area contributed by atoms with Crippen molar-refractivity contribution in [1.82, 2.24) is 0 Å². The van der Waals surface area contributed by atoms with E-state index in [-0.39, 0.29) is 17.3 Å². The molecule has 5 nitrogen and oxygen atoms in total. The van der Waals surface area contributed by atoms with E-state index in [0.717, 1.165) is 25.7 Å². The number of benzene rings is 1. The Kier molecular flexibility index (Phi) is 6.49. The number of hydrogen-bond donors (Lipinski definition) is 3. The standard InChI is InChI=1S/C14H20FN3O2/c1-2-3-4-5-6-13(19)17-10-7-8-12(15)11(9-10)14(16)18-20/h7-9,20H,2-6H2,1H3,(H2,16,18)(H,17,19). The van der Waals surface area contributed by atoms with Crippen molar-refractivity contribution in [2.75, 3.05) is 5.32 Å². The van der Waals surface area contributed by atoms with Crippen LogP contribution in [0.2, 0.25) is 0 Å². The van der Waals surface area contributed by atoms with Gasteiger partial charge >= 0.3 is 0 Å². The Balaban J connectivity index is 2.62. The Labute approximate surface area is 117 Å². The average molecular weight is 281 g/mol. The van der Waals surface area contributed by atoms with Crippen LogP contribution < -0.4 is 11.1 Å². The molecule has 0 spiro atoms. The molecule has 0 atom stereocenters. The summed E-state index contributed by atoms with van der Waals surface area (Å²) in [6.07, 6.45) is 4.49. The van der Waals surface area contributed by atoms with Gasteiger partial charge in [0.25, 0.3) is 0 Å². The lowest BCUT2D eigenvalue weighted by molar-refractivity contribution is -0.116. The van der Waals surface area contributed by atoms with Crippen LogP contribution in [0.1, 0.15) is 44.6 Å². The fraction of sp³-hybridized carbons (Fsp3) is 0.429. The molecule has 0 unspecified atom stereocenters. The number of anilines is 1. The van der Waals surface area contributed by atoms with Gasteiger partial charge in [-0.2, -0.15) is 0 Å². The molecule has 0 aliphatic carbocycles. The topological polar surface area (TPSA) is 87.7 Å². The molecule has 6 heteroatoms. The van der Waals surface area contributed by atoms with Gasteiger partial charge in [0, 0.05) is 12.1 Å². The second-order valence-electron chi connectivity index (χ2n) is 4.54. The Morgan fingerprint density at radius 1 is 1.40 bits per heavy atom. The highest BCUT2D eigenvalue weighted by molar-refractivity contribution is 5.99. The number of hydrogen-bond acceptors (Lipinski definition) is 3. The van der Waals surface area contributed by atoms with Crippen molar-refractivity contribution >= 4 is 17.4 Å². The Morgan fingerprint density at radius 2 is 2.15 bits per heavy atom. The molecule has 110 valence electrons. The summed E-state index contributed by atoms with van der Waals surface area (Å²) in [6.45, 7) is 2.10. The van der Waals surface area contributed by atoms with Gasteiger partial charge in [-0.05, 0) is 24.6 Å². The van der Waals surface area contributed by atoms with E-state index >= 15 is 0 Å². The number of oxime groups is 1. The van der Waals surface area contributed by atoms with Gasteiger partial charge < -0.3 is 16.3 Å². The normalized spacial score (nSPS) is 11.4. The lowest BCUT2D eigenvalue weighted by Gasteiger charge is -2.08. The van der Waals surface area contributed by atoms with Gasteiger partial charge in [0.1, 0.15) is 5.82 Å². The summed E-state index contributed by atoms with van der Waals surface area (Å²) >= 11 is 0. The molecule has 1 aromatic carbocycles. The molecule has 0 saturated carbocycles. The Hall–Kier alpha value is -2.11. The van der Waals surface area contributed by atoms with Crippen LogP contribution >= 0.6 is 0 Å². The summed E-state index contributed by atoms with van der Waals surface area (Å²) in [4.78, 5) is 11.7. The van der Waals surface area contributed by atoms with Gasteiger partial charge in [0.05, 0.1) is 5.56 Å². The summed E-state index contributed by atoms with van der Waals surface area (Å²) in [5.41, 5.74) is 5.74. The summed E-state index contributed by atoms with van der Waals surface area (Å²) in [7, 11) is 0. The van der Waals surface area contributed by atoms with E-state index in [1.165, 1.54) is 18.2 Å². The van der Waals surface area contributed by atoms with Gasteiger partial charge in [-0.25, -0.2) is 4.39 Å². The molecule has 20 heavy (non-hydrogen) atoms. The second kappa shape index (κ2) is 8.14. The minimum atomic E-state index is -0.610. The maximum atomic E-state index is 13.4. The minimum absolute atomic E-state index is 0.0451. The molecule has 0 fully saturated rings. The van der Waals surface area contributed by atoms with Crippen LogP contribution in [-0.2, 0) is 4.79 Å². The van der Waals surface area contributed by atoms with Gasteiger partial charge in [0.2, 0.25) is 5.91 Å². The first kappa shape index (κ1) is 15.9. The number of nitrogens with two attached hydrogens (primary N) is 1. The van der Waals surface area contributed by atoms with Crippen molar-refractivity contribution in [2.45, 2.75) is 39.0 Å². The van der Waals surface area contributed by atoms with Crippen LogP contribution in [0, 0.1) is 5.82 Å². The zero-order valence-corrected chi connectivity index (χ0v) is 11.5. The monoisotopic (exact) mass is 281 g/mol. The maximum Gasteiger partial charge on any atom is 0.224 e. The SMILES string of the molecule is CCCCCCC(=O)Nc1ccc(F)c(/C(N)=N/O)c1. The zero-order chi connectivity index (χ0) is 15.0. The highest BCUT2D eigenvalue weighted by atomic mass is 19.1. The number of nitrogens with zero attached hydrogens (tertiary/aromatic N) is 1. The minimum Gasteiger partial charge on any atom is -0.409 e. The molecule has 4 N–H and O–H groups in total. The molecule has 0 aliphatic rings. The van der Waals surface area contributed by atoms with Crippen LogP contribution in [0.15, 0.2) is 23.4 Å². The number of halogens is 1. The number of carbonyl (C=O) groups is 1. The average Bonchev–Trinajstić information content (AvgIpc) is 2.45. The van der Waals surface area contributed by atoms with E-state index in [4.69, 9.17) is 10.9 Å². The molecule has 0 aliphatic heterocycles. The Bertz CT molecular complexity index is 489. The van der Waals surface area contributed by atoms with Crippen LogP contribution in [0.4, 0.5) is 10.1 Å². The first-order chi connectivity index (χ1) is 9.58. The molecule has 0 heterocycles. The van der Waals surface area contributed by atoms with Crippen molar-refractivity contribution in [1.29, 1.82) is 0 Å². The van der Waals surface area contributed by atoms with Gasteiger partial charge in [0.15, 0.2) is 5.84 Å². The van der Waals surface area contributed by atoms with Gasteiger partial charge in [-0.3, -0.25) is 4.79 Å². The van der Waals surface area contributed by atoms with E-state index in [1.807, 2.05) is 0 Å². The number of amides is 1. The summed E-state index contributed by atoms with van der Waals surface area (Å²) in [5.74, 6) is -1.07. The van der Waals surface area contributed by atoms with E-state index in [9.17, 15) is 9.18 Å². The molecule has 0 saturated heterocycles. The number of nitrogens with one attached hydrogen (secondary N) is 1. The third-order valence-corrected chi connectivity index (χ3v) is 2.89. The fourth-order valence-electron chi connectivity index (χ4n) is 1.79. The van der Waals surface area contributed by atoms with Crippen LogP contribution in [0.3, 0.4) is 0 Å². The van der Waals surface area contributed by atoms with E-state index in [0.29, 0.717) is 12.1 Å². The van der Waals surface area contributed by atoms with Crippen LogP contribution in [0.5, 0.6) is 0 Å². The summed E-state index contributed by atoms with van der Waals surface area (Å²) in [6, 6.07) is 3.95. The summed E-state index contributed by atoms with van der Waals surface area (Å²) in [5, 5.41) is 14.0. The van der Waals surface area contributed by atoms with E-state index in [2.05, 4.69) is 17.4 Å². The molecule has 1 rings (SSSR count). The first-order valence-electron chi connectivity index (χ1n) is 6.65. The molecule has 0 radical (unpaired) electrons. The van der Waals surface area contributed by atoms with Crippen LogP contribution in [-0.4, -0.2) is 17.0 Å². The first-order valence-corrected chi connectivity index (χ1v) is 6.65. The van der Waals surface area contributed by atoms with E-state index in [1.54, 1.807) is 0 Å². The lowest BCUT2D eigenvalue weighted by atomic mass is 10.1.